The van der Waals surface area contributed by atoms with Gasteiger partial charge in [0, 0.05) is 32.4 Å². The fourth-order valence-electron chi connectivity index (χ4n) is 1.04. The van der Waals surface area contributed by atoms with Gasteiger partial charge < -0.3 is 15.0 Å². The van der Waals surface area contributed by atoms with Crippen molar-refractivity contribution in [2.45, 2.75) is 19.6 Å². The lowest BCUT2D eigenvalue weighted by atomic mass is 10.4. The number of hydrogen-bond acceptors (Lipinski definition) is 3. The first kappa shape index (κ1) is 9.73. The Morgan fingerprint density at radius 3 is 3.15 bits per heavy atom. The minimum Gasteiger partial charge on any atom is -0.388 e. The Labute approximate surface area is 76.4 Å². The molecule has 0 aliphatic heterocycles. The first-order chi connectivity index (χ1) is 6.27. The van der Waals surface area contributed by atoms with Gasteiger partial charge in [0.1, 0.15) is 12.4 Å². The average Bonchev–Trinajstić information content (AvgIpc) is 2.61. The summed E-state index contributed by atoms with van der Waals surface area (Å²) in [5.74, 6) is 0.571. The van der Waals surface area contributed by atoms with E-state index >= 15 is 0 Å². The van der Waals surface area contributed by atoms with Gasteiger partial charge in [0.05, 0.1) is 0 Å². The Morgan fingerprint density at radius 1 is 1.77 bits per heavy atom. The Balaban J connectivity index is 2.49. The second kappa shape index (κ2) is 4.61. The molecule has 0 spiro atoms. The van der Waals surface area contributed by atoms with E-state index in [9.17, 15) is 4.79 Å². The molecule has 72 valence electrons. The number of amides is 1. The Bertz CT molecular complexity index is 283. The summed E-state index contributed by atoms with van der Waals surface area (Å²) in [6.45, 7) is 0.455. The van der Waals surface area contributed by atoms with E-state index in [1.54, 1.807) is 24.0 Å². The number of nitrogens with one attached hydrogen (secondary N) is 1. The molecule has 0 radical (unpaired) electrons. The van der Waals surface area contributed by atoms with Crippen molar-refractivity contribution in [1.29, 1.82) is 0 Å². The van der Waals surface area contributed by atoms with Crippen molar-refractivity contribution >= 4 is 5.91 Å². The molecule has 0 atom stereocenters. The molecule has 5 nitrogen and oxygen atoms in total. The third-order valence-electron chi connectivity index (χ3n) is 1.80. The Hall–Kier alpha value is -1.36. The van der Waals surface area contributed by atoms with Crippen LogP contribution >= 0.6 is 0 Å². The van der Waals surface area contributed by atoms with Crippen LogP contribution in [0.5, 0.6) is 0 Å². The summed E-state index contributed by atoms with van der Waals surface area (Å²) >= 11 is 0. The van der Waals surface area contributed by atoms with Crippen molar-refractivity contribution in [2.24, 2.45) is 0 Å². The van der Waals surface area contributed by atoms with E-state index in [2.05, 4.69) is 10.3 Å². The Kier molecular flexibility index (Phi) is 3.45. The van der Waals surface area contributed by atoms with Crippen molar-refractivity contribution in [3.05, 3.63) is 18.2 Å². The molecule has 0 unspecified atom stereocenters. The molecule has 0 saturated carbocycles. The molecule has 0 saturated heterocycles. The van der Waals surface area contributed by atoms with Crippen molar-refractivity contribution < 1.29 is 9.90 Å². The normalized spacial score (nSPS) is 10.0. The van der Waals surface area contributed by atoms with Crippen LogP contribution in [0.3, 0.4) is 0 Å². The summed E-state index contributed by atoms with van der Waals surface area (Å²) in [5, 5.41) is 11.4. The molecule has 1 amide bonds. The summed E-state index contributed by atoms with van der Waals surface area (Å²) < 4.78 is 1.76. The summed E-state index contributed by atoms with van der Waals surface area (Å²) in [4.78, 5) is 14.8. The number of aromatic nitrogens is 2. The van der Waals surface area contributed by atoms with E-state index in [1.165, 1.54) is 0 Å². The van der Waals surface area contributed by atoms with Crippen LogP contribution in [0, 0.1) is 0 Å². The van der Waals surface area contributed by atoms with Crippen LogP contribution in [0.2, 0.25) is 0 Å². The van der Waals surface area contributed by atoms with Crippen LogP contribution in [0.15, 0.2) is 12.4 Å². The van der Waals surface area contributed by atoms with Crippen molar-refractivity contribution in [2.75, 3.05) is 7.05 Å². The summed E-state index contributed by atoms with van der Waals surface area (Å²) in [6.07, 6.45) is 3.75. The molecule has 13 heavy (non-hydrogen) atoms. The number of carbonyl (C=O) groups excluding carboxylic acids is 1. The molecule has 1 heterocycles. The molecular weight excluding hydrogens is 170 g/mol. The second-order valence-electron chi connectivity index (χ2n) is 2.62. The number of aliphatic hydroxyl groups excluding tert-OH is 1. The third kappa shape index (κ3) is 2.55. The van der Waals surface area contributed by atoms with E-state index in [1.807, 2.05) is 0 Å². The molecule has 0 aliphatic rings. The predicted molar refractivity (Wildman–Crippen MR) is 46.8 cm³/mol. The number of rotatable bonds is 4. The van der Waals surface area contributed by atoms with Gasteiger partial charge in [0.15, 0.2) is 0 Å². The lowest BCUT2D eigenvalue weighted by Crippen LogP contribution is -2.19. The number of nitrogens with zero attached hydrogens (tertiary/aromatic N) is 2. The van der Waals surface area contributed by atoms with E-state index < -0.39 is 0 Å². The molecule has 1 aromatic heterocycles. The summed E-state index contributed by atoms with van der Waals surface area (Å²) in [6, 6.07) is 0. The molecule has 1 rings (SSSR count). The van der Waals surface area contributed by atoms with Crippen LogP contribution in [0.1, 0.15) is 12.2 Å². The maximum absolute atomic E-state index is 10.9. The van der Waals surface area contributed by atoms with Crippen LogP contribution in [-0.4, -0.2) is 27.6 Å². The first-order valence-electron chi connectivity index (χ1n) is 4.09. The zero-order chi connectivity index (χ0) is 9.68. The van der Waals surface area contributed by atoms with Gasteiger partial charge >= 0.3 is 0 Å². The highest BCUT2D eigenvalue weighted by Gasteiger charge is 2.02. The van der Waals surface area contributed by atoms with E-state index in [4.69, 9.17) is 5.11 Å². The van der Waals surface area contributed by atoms with Gasteiger partial charge in [-0.05, 0) is 0 Å². The van der Waals surface area contributed by atoms with E-state index in [-0.39, 0.29) is 12.5 Å². The predicted octanol–water partition coefficient (Wildman–Crippen LogP) is -0.489. The quantitative estimate of drug-likeness (QED) is 0.662. The molecule has 0 fully saturated rings. The van der Waals surface area contributed by atoms with Crippen molar-refractivity contribution in [3.63, 3.8) is 0 Å². The average molecular weight is 183 g/mol. The maximum Gasteiger partial charge on any atom is 0.221 e. The van der Waals surface area contributed by atoms with Crippen molar-refractivity contribution in [3.8, 4) is 0 Å². The maximum atomic E-state index is 10.9. The first-order valence-corrected chi connectivity index (χ1v) is 4.09. The fourth-order valence-corrected chi connectivity index (χ4v) is 1.04. The molecule has 0 aliphatic carbocycles. The number of carbonyl (C=O) groups is 1. The minimum absolute atomic E-state index is 0.0161. The number of aryl methyl sites for hydroxylation is 1. The third-order valence-corrected chi connectivity index (χ3v) is 1.80. The zero-order valence-electron chi connectivity index (χ0n) is 7.53. The van der Waals surface area contributed by atoms with Crippen LogP contribution in [-0.2, 0) is 17.9 Å². The minimum atomic E-state index is -0.0965. The van der Waals surface area contributed by atoms with Gasteiger partial charge in [-0.15, -0.1) is 0 Å². The van der Waals surface area contributed by atoms with Gasteiger partial charge in [0.2, 0.25) is 5.91 Å². The van der Waals surface area contributed by atoms with Gasteiger partial charge in [-0.2, -0.15) is 0 Å². The zero-order valence-corrected chi connectivity index (χ0v) is 7.53. The van der Waals surface area contributed by atoms with Crippen LogP contribution in [0.4, 0.5) is 0 Å². The van der Waals surface area contributed by atoms with Crippen molar-refractivity contribution in [1.82, 2.24) is 14.9 Å². The number of imidazole rings is 1. The standard InChI is InChI=1S/C8H13N3O2/c1-9-8(13)2-4-11-5-3-10-7(11)6-12/h3,5,12H,2,4,6H2,1H3,(H,9,13). The van der Waals surface area contributed by atoms with Gasteiger partial charge in [-0.3, -0.25) is 4.79 Å². The molecule has 1 aromatic rings. The smallest absolute Gasteiger partial charge is 0.221 e. The SMILES string of the molecule is CNC(=O)CCn1ccnc1CO. The topological polar surface area (TPSA) is 67.2 Å². The van der Waals surface area contributed by atoms with Gasteiger partial charge in [-0.1, -0.05) is 0 Å². The Morgan fingerprint density at radius 2 is 2.54 bits per heavy atom. The lowest BCUT2D eigenvalue weighted by Gasteiger charge is -2.04. The largest absolute Gasteiger partial charge is 0.388 e. The fraction of sp³-hybridized carbons (Fsp3) is 0.500. The van der Waals surface area contributed by atoms with Crippen LogP contribution in [0.25, 0.3) is 0 Å². The van der Waals surface area contributed by atoms with Gasteiger partial charge in [0.25, 0.3) is 0 Å². The van der Waals surface area contributed by atoms with Crippen LogP contribution < -0.4 is 5.32 Å². The monoisotopic (exact) mass is 183 g/mol. The second-order valence-corrected chi connectivity index (χ2v) is 2.62. The number of hydrogen-bond donors (Lipinski definition) is 2. The summed E-state index contributed by atoms with van der Waals surface area (Å²) in [7, 11) is 1.60. The molecule has 0 aromatic carbocycles. The van der Waals surface area contributed by atoms with E-state index in [0.29, 0.717) is 18.8 Å². The highest BCUT2D eigenvalue weighted by Crippen LogP contribution is 1.98. The van der Waals surface area contributed by atoms with Gasteiger partial charge in [-0.25, -0.2) is 4.98 Å². The lowest BCUT2D eigenvalue weighted by molar-refractivity contribution is -0.120. The highest BCUT2D eigenvalue weighted by molar-refractivity contribution is 5.75. The summed E-state index contributed by atoms with van der Waals surface area (Å²) in [5.41, 5.74) is 0. The molecule has 2 N–H and O–H groups in total. The van der Waals surface area contributed by atoms with E-state index in [0.717, 1.165) is 0 Å². The number of aliphatic hydroxyl groups is 1. The molecule has 0 bridgehead atoms. The highest BCUT2D eigenvalue weighted by atomic mass is 16.3. The molecule has 5 heteroatoms. The molecular formula is C8H13N3O2.